The highest BCUT2D eigenvalue weighted by molar-refractivity contribution is 7.88. The molecular formula is C25H23FN4O3S. The van der Waals surface area contributed by atoms with Crippen LogP contribution in [0.3, 0.4) is 0 Å². The summed E-state index contributed by atoms with van der Waals surface area (Å²) in [6.07, 6.45) is 2.79. The van der Waals surface area contributed by atoms with Crippen molar-refractivity contribution in [1.82, 2.24) is 14.5 Å². The molecule has 0 bridgehead atoms. The topological polar surface area (TPSA) is 84.3 Å². The zero-order valence-corrected chi connectivity index (χ0v) is 19.4. The number of halogens is 1. The van der Waals surface area contributed by atoms with Gasteiger partial charge in [0.15, 0.2) is 0 Å². The van der Waals surface area contributed by atoms with Crippen LogP contribution in [-0.4, -0.2) is 36.4 Å². The molecule has 5 rings (SSSR count). The molecule has 4 aromatic rings. The molecule has 7 nitrogen and oxygen atoms in total. The fraction of sp³-hybridized carbons (Fsp3) is 0.200. The number of rotatable bonds is 5. The Morgan fingerprint density at radius 3 is 2.32 bits per heavy atom. The molecule has 2 heterocycles. The number of carbonyl (C=O) groups is 1. The number of amides is 1. The molecule has 1 saturated heterocycles. The molecule has 1 fully saturated rings. The van der Waals surface area contributed by atoms with Gasteiger partial charge in [-0.05, 0) is 48.0 Å². The van der Waals surface area contributed by atoms with E-state index in [-0.39, 0.29) is 11.7 Å². The van der Waals surface area contributed by atoms with Gasteiger partial charge in [-0.25, -0.2) is 22.2 Å². The molecule has 3 aromatic carbocycles. The fourth-order valence-electron chi connectivity index (χ4n) is 4.61. The lowest BCUT2D eigenvalue weighted by molar-refractivity contribution is -0.120. The monoisotopic (exact) mass is 478 g/mol. The number of sulfonamides is 1. The standard InChI is InChI=1S/C25H23FN4O3S/c1-16-23(28-34(2,32)33)24(17-6-4-3-5-7-17)29(25(16)31)21-12-13-22-18(14-21)15-27-30(22)20-10-8-19(26)9-11-20/h3-16,23-24,28H,1-2H3/t16-,23-,24?/m0/s1. The van der Waals surface area contributed by atoms with Crippen molar-refractivity contribution in [1.29, 1.82) is 0 Å². The number of hydrogen-bond acceptors (Lipinski definition) is 4. The number of fused-ring (bicyclic) bond motifs is 1. The predicted molar refractivity (Wildman–Crippen MR) is 129 cm³/mol. The zero-order chi connectivity index (χ0) is 24.0. The number of carbonyl (C=O) groups excluding carboxylic acids is 1. The van der Waals surface area contributed by atoms with Gasteiger partial charge in [-0.2, -0.15) is 5.10 Å². The van der Waals surface area contributed by atoms with Gasteiger partial charge in [-0.15, -0.1) is 0 Å². The number of hydrogen-bond donors (Lipinski definition) is 1. The molecule has 34 heavy (non-hydrogen) atoms. The Bertz CT molecular complexity index is 1470. The van der Waals surface area contributed by atoms with Crippen LogP contribution in [-0.2, 0) is 14.8 Å². The van der Waals surface area contributed by atoms with E-state index in [9.17, 15) is 17.6 Å². The van der Waals surface area contributed by atoms with E-state index >= 15 is 0 Å². The molecule has 1 amide bonds. The van der Waals surface area contributed by atoms with Crippen LogP contribution in [0.4, 0.5) is 10.1 Å². The Balaban J connectivity index is 1.59. The molecule has 0 aliphatic carbocycles. The molecule has 9 heteroatoms. The highest BCUT2D eigenvalue weighted by atomic mass is 32.2. The minimum Gasteiger partial charge on any atom is -0.303 e. The zero-order valence-electron chi connectivity index (χ0n) is 18.6. The van der Waals surface area contributed by atoms with Crippen molar-refractivity contribution >= 4 is 32.5 Å². The maximum Gasteiger partial charge on any atom is 0.232 e. The van der Waals surface area contributed by atoms with Crippen LogP contribution in [0.25, 0.3) is 16.6 Å². The maximum absolute atomic E-state index is 13.4. The van der Waals surface area contributed by atoms with E-state index in [0.717, 1.165) is 28.4 Å². The average molecular weight is 479 g/mol. The summed E-state index contributed by atoms with van der Waals surface area (Å²) in [5.41, 5.74) is 3.00. The molecule has 174 valence electrons. The van der Waals surface area contributed by atoms with Gasteiger partial charge in [0.25, 0.3) is 0 Å². The van der Waals surface area contributed by atoms with Crippen LogP contribution in [0.1, 0.15) is 18.5 Å². The third kappa shape index (κ3) is 3.97. The van der Waals surface area contributed by atoms with E-state index < -0.39 is 28.0 Å². The summed E-state index contributed by atoms with van der Waals surface area (Å²) in [6.45, 7) is 1.74. The van der Waals surface area contributed by atoms with Crippen molar-refractivity contribution in [3.8, 4) is 5.69 Å². The van der Waals surface area contributed by atoms with Gasteiger partial charge in [0, 0.05) is 11.1 Å². The normalized spacial score (nSPS) is 20.9. The van der Waals surface area contributed by atoms with Crippen LogP contribution in [0.5, 0.6) is 0 Å². The second-order valence-electron chi connectivity index (χ2n) is 8.54. The lowest BCUT2D eigenvalue weighted by atomic mass is 9.95. The van der Waals surface area contributed by atoms with Crippen LogP contribution in [0.2, 0.25) is 0 Å². The summed E-state index contributed by atoms with van der Waals surface area (Å²) in [5, 5.41) is 5.24. The van der Waals surface area contributed by atoms with Crippen molar-refractivity contribution in [2.45, 2.75) is 19.0 Å². The Morgan fingerprint density at radius 2 is 1.65 bits per heavy atom. The predicted octanol–water partition coefficient (Wildman–Crippen LogP) is 3.81. The molecule has 1 aliphatic heterocycles. The van der Waals surface area contributed by atoms with Crippen LogP contribution in [0, 0.1) is 11.7 Å². The SMILES string of the molecule is C[C@@H]1C(=O)N(c2ccc3c(cnn3-c3ccc(F)cc3)c2)C(c2ccccc2)[C@H]1NS(C)(=O)=O. The van der Waals surface area contributed by atoms with Crippen LogP contribution < -0.4 is 9.62 Å². The summed E-state index contributed by atoms with van der Waals surface area (Å²) < 4.78 is 42.0. The molecule has 0 radical (unpaired) electrons. The molecule has 1 N–H and O–H groups in total. The summed E-state index contributed by atoms with van der Waals surface area (Å²) >= 11 is 0. The number of benzene rings is 3. The summed E-state index contributed by atoms with van der Waals surface area (Å²) in [7, 11) is -3.54. The quantitative estimate of drug-likeness (QED) is 0.473. The Labute approximate surface area is 196 Å². The highest BCUT2D eigenvalue weighted by Crippen LogP contribution is 2.41. The van der Waals surface area contributed by atoms with Gasteiger partial charge in [-0.1, -0.05) is 37.3 Å². The molecule has 0 saturated carbocycles. The van der Waals surface area contributed by atoms with Crippen molar-refractivity contribution in [3.63, 3.8) is 0 Å². The van der Waals surface area contributed by atoms with Crippen molar-refractivity contribution in [2.75, 3.05) is 11.2 Å². The number of anilines is 1. The first-order valence-electron chi connectivity index (χ1n) is 10.8. The van der Waals surface area contributed by atoms with Gasteiger partial charge in [0.1, 0.15) is 5.82 Å². The maximum atomic E-state index is 13.4. The Hall–Kier alpha value is -3.56. The number of aromatic nitrogens is 2. The smallest absolute Gasteiger partial charge is 0.232 e. The van der Waals surface area contributed by atoms with Gasteiger partial charge < -0.3 is 4.90 Å². The molecule has 3 atom stereocenters. The van der Waals surface area contributed by atoms with E-state index in [1.54, 1.807) is 34.8 Å². The minimum atomic E-state index is -3.54. The van der Waals surface area contributed by atoms with Crippen molar-refractivity contribution in [3.05, 3.63) is 90.4 Å². The van der Waals surface area contributed by atoms with E-state index in [1.165, 1.54) is 12.1 Å². The first-order valence-corrected chi connectivity index (χ1v) is 12.7. The first kappa shape index (κ1) is 22.2. The van der Waals surface area contributed by atoms with E-state index in [1.807, 2.05) is 48.5 Å². The fourth-order valence-corrected chi connectivity index (χ4v) is 5.44. The summed E-state index contributed by atoms with van der Waals surface area (Å²) in [5.74, 6) is -1.05. The molecular weight excluding hydrogens is 455 g/mol. The van der Waals surface area contributed by atoms with E-state index in [4.69, 9.17) is 0 Å². The van der Waals surface area contributed by atoms with Crippen LogP contribution in [0.15, 0.2) is 79.0 Å². The van der Waals surface area contributed by atoms with Gasteiger partial charge in [-0.3, -0.25) is 4.79 Å². The van der Waals surface area contributed by atoms with Gasteiger partial charge >= 0.3 is 0 Å². The van der Waals surface area contributed by atoms with Gasteiger partial charge in [0.05, 0.1) is 41.7 Å². The molecule has 0 spiro atoms. The van der Waals surface area contributed by atoms with Crippen molar-refractivity contribution < 1.29 is 17.6 Å². The van der Waals surface area contributed by atoms with Gasteiger partial charge in [0.2, 0.25) is 15.9 Å². The summed E-state index contributed by atoms with van der Waals surface area (Å²) in [4.78, 5) is 15.1. The van der Waals surface area contributed by atoms with E-state index in [2.05, 4.69) is 9.82 Å². The lowest BCUT2D eigenvalue weighted by Gasteiger charge is -2.29. The molecule has 1 aliphatic rings. The second kappa shape index (κ2) is 8.34. The minimum absolute atomic E-state index is 0.166. The summed E-state index contributed by atoms with van der Waals surface area (Å²) in [6, 6.07) is 19.9. The molecule has 1 unspecified atom stereocenters. The first-order chi connectivity index (χ1) is 16.2. The van der Waals surface area contributed by atoms with E-state index in [0.29, 0.717) is 5.69 Å². The number of nitrogens with one attached hydrogen (secondary N) is 1. The van der Waals surface area contributed by atoms with Crippen LogP contribution >= 0.6 is 0 Å². The third-order valence-corrected chi connectivity index (χ3v) is 6.88. The van der Waals surface area contributed by atoms with Crippen molar-refractivity contribution in [2.24, 2.45) is 5.92 Å². The largest absolute Gasteiger partial charge is 0.303 e. The highest BCUT2D eigenvalue weighted by Gasteiger charge is 2.48. The Kier molecular flexibility index (Phi) is 5.45. The second-order valence-corrected chi connectivity index (χ2v) is 10.3. The lowest BCUT2D eigenvalue weighted by Crippen LogP contribution is -2.41. The Morgan fingerprint density at radius 1 is 0.971 bits per heavy atom. The average Bonchev–Trinajstić information content (AvgIpc) is 3.33. The molecule has 1 aromatic heterocycles. The third-order valence-electron chi connectivity index (χ3n) is 6.18. The number of nitrogens with zero attached hydrogens (tertiary/aromatic N) is 3.